The molecule has 2 aromatic rings. The van der Waals surface area contributed by atoms with Crippen LogP contribution in [0, 0.1) is 17.6 Å². The summed E-state index contributed by atoms with van der Waals surface area (Å²) in [6.07, 6.45) is 0.623. The first kappa shape index (κ1) is 24.2. The van der Waals surface area contributed by atoms with Crippen LogP contribution in [0.15, 0.2) is 47.5 Å². The van der Waals surface area contributed by atoms with Crippen LogP contribution in [0.5, 0.6) is 0 Å². The lowest BCUT2D eigenvalue weighted by Gasteiger charge is -2.23. The van der Waals surface area contributed by atoms with Gasteiger partial charge in [0.15, 0.2) is 5.96 Å². The molecule has 0 saturated carbocycles. The molecule has 3 amide bonds. The number of hydrogen-bond acceptors (Lipinski definition) is 4. The van der Waals surface area contributed by atoms with E-state index in [4.69, 9.17) is 5.73 Å². The quantitative estimate of drug-likeness (QED) is 0.663. The van der Waals surface area contributed by atoms with Crippen LogP contribution in [-0.2, 0) is 17.9 Å². The summed E-state index contributed by atoms with van der Waals surface area (Å²) in [5, 5.41) is 2.71. The zero-order valence-electron chi connectivity index (χ0n) is 19.2. The number of aliphatic imine (C=N–C) groups is 1. The molecule has 33 heavy (non-hydrogen) atoms. The summed E-state index contributed by atoms with van der Waals surface area (Å²) >= 11 is 0. The third kappa shape index (κ3) is 5.66. The summed E-state index contributed by atoms with van der Waals surface area (Å²) in [7, 11) is 1.43. The van der Waals surface area contributed by atoms with Crippen molar-refractivity contribution in [1.29, 1.82) is 0 Å². The van der Waals surface area contributed by atoms with Gasteiger partial charge < -0.3 is 11.1 Å². The van der Waals surface area contributed by atoms with Crippen LogP contribution >= 0.6 is 0 Å². The van der Waals surface area contributed by atoms with E-state index in [1.807, 2.05) is 45.0 Å². The Bertz CT molecular complexity index is 1050. The number of benzene rings is 2. The van der Waals surface area contributed by atoms with Crippen LogP contribution in [0.4, 0.5) is 19.3 Å². The Morgan fingerprint density at radius 3 is 2.30 bits per heavy atom. The molecule has 1 heterocycles. The minimum Gasteiger partial charge on any atom is -0.369 e. The number of nitrogens with one attached hydrogen (secondary N) is 1. The summed E-state index contributed by atoms with van der Waals surface area (Å²) in [5.41, 5.74) is 7.00. The predicted octanol–water partition coefficient (Wildman–Crippen LogP) is 3.77. The molecule has 0 saturated heterocycles. The average molecular weight is 458 g/mol. The molecule has 0 radical (unpaired) electrons. The minimum atomic E-state index is -0.834. The first-order valence-corrected chi connectivity index (χ1v) is 10.7. The van der Waals surface area contributed by atoms with E-state index in [0.29, 0.717) is 18.9 Å². The maximum absolute atomic E-state index is 13.4. The monoisotopic (exact) mass is 457 g/mol. The number of urea groups is 1. The topological polar surface area (TPSA) is 91.0 Å². The Labute approximate surface area is 192 Å². The van der Waals surface area contributed by atoms with Gasteiger partial charge in [0.25, 0.3) is 5.91 Å². The average Bonchev–Trinajstić information content (AvgIpc) is 2.93. The lowest BCUT2D eigenvalue weighted by atomic mass is 9.91. The smallest absolute Gasteiger partial charge is 0.321 e. The fourth-order valence-electron chi connectivity index (χ4n) is 3.93. The van der Waals surface area contributed by atoms with Gasteiger partial charge in [-0.05, 0) is 42.5 Å². The molecule has 2 aromatic carbocycles. The fraction of sp³-hybridized carbons (Fsp3) is 0.375. The van der Waals surface area contributed by atoms with E-state index in [2.05, 4.69) is 10.3 Å². The lowest BCUT2D eigenvalue weighted by Crippen LogP contribution is -2.43. The molecule has 0 fully saturated rings. The molecule has 1 unspecified atom stereocenters. The van der Waals surface area contributed by atoms with Gasteiger partial charge in [-0.2, -0.15) is 0 Å². The van der Waals surface area contributed by atoms with Gasteiger partial charge in [-0.25, -0.2) is 18.6 Å². The maximum atomic E-state index is 13.4. The van der Waals surface area contributed by atoms with Crippen molar-refractivity contribution in [2.75, 3.05) is 11.9 Å². The largest absolute Gasteiger partial charge is 0.369 e. The van der Waals surface area contributed by atoms with Crippen molar-refractivity contribution in [3.8, 4) is 0 Å². The van der Waals surface area contributed by atoms with E-state index in [1.54, 1.807) is 0 Å². The lowest BCUT2D eigenvalue weighted by molar-refractivity contribution is -0.131. The van der Waals surface area contributed by atoms with E-state index in [-0.39, 0.29) is 24.1 Å². The SMILES string of the molecule is CC(C)CC1(C)N=C(N)N(Cc2ccc(CNC(=O)N(C)c3cc(F)cc(F)c3)cc2)C1=O. The highest BCUT2D eigenvalue weighted by molar-refractivity contribution is 6.06. The normalized spacial score (nSPS) is 18.0. The highest BCUT2D eigenvalue weighted by atomic mass is 19.1. The number of guanidine groups is 1. The van der Waals surface area contributed by atoms with Crippen LogP contribution < -0.4 is 16.0 Å². The summed E-state index contributed by atoms with van der Waals surface area (Å²) < 4.78 is 26.8. The number of nitrogens with zero attached hydrogens (tertiary/aromatic N) is 3. The number of carbonyl (C=O) groups is 2. The molecule has 3 rings (SSSR count). The summed E-state index contributed by atoms with van der Waals surface area (Å²) in [6, 6.07) is 9.78. The zero-order valence-corrected chi connectivity index (χ0v) is 19.2. The Morgan fingerprint density at radius 2 is 1.73 bits per heavy atom. The number of nitrogens with two attached hydrogens (primary N) is 1. The van der Waals surface area contributed by atoms with Crippen molar-refractivity contribution in [2.45, 2.75) is 45.8 Å². The molecular weight excluding hydrogens is 428 g/mol. The Hall–Kier alpha value is -3.49. The van der Waals surface area contributed by atoms with Gasteiger partial charge in [-0.15, -0.1) is 0 Å². The summed E-state index contributed by atoms with van der Waals surface area (Å²) in [4.78, 5) is 32.3. The molecular formula is C24H29F2N5O2. The Morgan fingerprint density at radius 1 is 1.15 bits per heavy atom. The first-order valence-electron chi connectivity index (χ1n) is 10.7. The fourth-order valence-corrected chi connectivity index (χ4v) is 3.93. The Balaban J connectivity index is 1.58. The number of hydrogen-bond donors (Lipinski definition) is 2. The van der Waals surface area contributed by atoms with Gasteiger partial charge in [-0.3, -0.25) is 14.6 Å². The molecule has 1 aliphatic heterocycles. The molecule has 176 valence electrons. The zero-order chi connectivity index (χ0) is 24.3. The molecule has 3 N–H and O–H groups in total. The van der Waals surface area contributed by atoms with Gasteiger partial charge >= 0.3 is 6.03 Å². The van der Waals surface area contributed by atoms with Crippen LogP contribution in [0.1, 0.15) is 38.3 Å². The van der Waals surface area contributed by atoms with E-state index in [1.165, 1.54) is 11.9 Å². The third-order valence-electron chi connectivity index (χ3n) is 5.50. The number of rotatable bonds is 7. The minimum absolute atomic E-state index is 0.109. The molecule has 9 heteroatoms. The molecule has 1 aliphatic rings. The van der Waals surface area contributed by atoms with Gasteiger partial charge in [0.1, 0.15) is 17.2 Å². The van der Waals surface area contributed by atoms with E-state index >= 15 is 0 Å². The van der Waals surface area contributed by atoms with Gasteiger partial charge in [0.05, 0.1) is 12.2 Å². The highest BCUT2D eigenvalue weighted by Crippen LogP contribution is 2.29. The molecule has 1 atom stereocenters. The number of carbonyl (C=O) groups excluding carboxylic acids is 2. The number of amides is 3. The van der Waals surface area contributed by atoms with Crippen LogP contribution in [0.3, 0.4) is 0 Å². The van der Waals surface area contributed by atoms with Gasteiger partial charge in [0.2, 0.25) is 0 Å². The first-order chi connectivity index (χ1) is 15.5. The number of anilines is 1. The second-order valence-corrected chi connectivity index (χ2v) is 8.89. The third-order valence-corrected chi connectivity index (χ3v) is 5.50. The van der Waals surface area contributed by atoms with Crippen LogP contribution in [-0.4, -0.2) is 35.4 Å². The second kappa shape index (κ2) is 9.56. The Kier molecular flexibility index (Phi) is 7.00. The standard InChI is InChI=1S/C24H29F2N5O2/c1-15(2)12-24(3)21(32)31(22(27)29-24)14-17-7-5-16(6-8-17)13-28-23(33)30(4)20-10-18(25)9-19(26)11-20/h5-11,15H,12-14H2,1-4H3,(H2,27,29)(H,28,33). The van der Waals surface area contributed by atoms with Crippen molar-refractivity contribution < 1.29 is 18.4 Å². The molecule has 0 bridgehead atoms. The summed E-state index contributed by atoms with van der Waals surface area (Å²) in [6.45, 7) is 6.42. The highest BCUT2D eigenvalue weighted by Gasteiger charge is 2.43. The van der Waals surface area contributed by atoms with E-state index in [0.717, 1.165) is 34.2 Å². The van der Waals surface area contributed by atoms with Crippen molar-refractivity contribution in [3.05, 3.63) is 65.2 Å². The van der Waals surface area contributed by atoms with Gasteiger partial charge in [0, 0.05) is 19.7 Å². The van der Waals surface area contributed by atoms with Crippen molar-refractivity contribution in [1.82, 2.24) is 10.2 Å². The maximum Gasteiger partial charge on any atom is 0.321 e. The van der Waals surface area contributed by atoms with Gasteiger partial charge in [-0.1, -0.05) is 38.1 Å². The van der Waals surface area contributed by atoms with E-state index in [9.17, 15) is 18.4 Å². The van der Waals surface area contributed by atoms with Crippen molar-refractivity contribution >= 4 is 23.6 Å². The molecule has 0 spiro atoms. The second-order valence-electron chi connectivity index (χ2n) is 8.89. The summed E-state index contributed by atoms with van der Waals surface area (Å²) in [5.74, 6) is -1.10. The molecule has 0 aliphatic carbocycles. The number of halogens is 2. The molecule has 0 aromatic heterocycles. The van der Waals surface area contributed by atoms with Crippen LogP contribution in [0.2, 0.25) is 0 Å². The predicted molar refractivity (Wildman–Crippen MR) is 123 cm³/mol. The molecule has 7 nitrogen and oxygen atoms in total. The van der Waals surface area contributed by atoms with Crippen molar-refractivity contribution in [3.63, 3.8) is 0 Å². The van der Waals surface area contributed by atoms with Crippen LogP contribution in [0.25, 0.3) is 0 Å². The van der Waals surface area contributed by atoms with Crippen molar-refractivity contribution in [2.24, 2.45) is 16.6 Å². The van der Waals surface area contributed by atoms with E-state index < -0.39 is 23.2 Å².